The van der Waals surface area contributed by atoms with Crippen LogP contribution in [-0.4, -0.2) is 59.4 Å². The Balaban J connectivity index is 1.03. The van der Waals surface area contributed by atoms with Crippen LogP contribution in [0.4, 0.5) is 0 Å². The summed E-state index contributed by atoms with van der Waals surface area (Å²) < 4.78 is 9.44. The molecule has 12 heteroatoms. The maximum atomic E-state index is 13.3. The summed E-state index contributed by atoms with van der Waals surface area (Å²) in [4.78, 5) is 38.0. The zero-order valence-electron chi connectivity index (χ0n) is 31.1. The van der Waals surface area contributed by atoms with E-state index in [9.17, 15) is 4.79 Å². The highest BCUT2D eigenvalue weighted by Gasteiger charge is 2.36. The Morgan fingerprint density at radius 2 is 1.74 bits per heavy atom. The van der Waals surface area contributed by atoms with Gasteiger partial charge in [0.1, 0.15) is 17.4 Å². The van der Waals surface area contributed by atoms with Gasteiger partial charge in [-0.05, 0) is 93.8 Å². The summed E-state index contributed by atoms with van der Waals surface area (Å²) in [6, 6.07) is 13.0. The quantitative estimate of drug-likeness (QED) is 0.123. The summed E-state index contributed by atoms with van der Waals surface area (Å²) in [5, 5.41) is 5.91. The number of amides is 1. The van der Waals surface area contributed by atoms with E-state index in [2.05, 4.69) is 63.2 Å². The van der Waals surface area contributed by atoms with Crippen molar-refractivity contribution >= 4 is 28.1 Å². The highest BCUT2D eigenvalue weighted by molar-refractivity contribution is 7.11. The van der Waals surface area contributed by atoms with Crippen LogP contribution in [0.3, 0.4) is 0 Å². The fourth-order valence-corrected chi connectivity index (χ4v) is 9.93. The first kappa shape index (κ1) is 33.8. The van der Waals surface area contributed by atoms with Gasteiger partial charge in [0.05, 0.1) is 63.0 Å². The second-order valence-corrected chi connectivity index (χ2v) is 17.1. The minimum Gasteiger partial charge on any atom is -0.464 e. The minimum atomic E-state index is -0.517. The van der Waals surface area contributed by atoms with E-state index in [4.69, 9.17) is 25.4 Å². The number of H-pyrrole nitrogens is 2. The van der Waals surface area contributed by atoms with Crippen LogP contribution in [-0.2, 0) is 4.79 Å². The van der Waals surface area contributed by atoms with Crippen LogP contribution in [0.25, 0.3) is 44.7 Å². The van der Waals surface area contributed by atoms with E-state index in [-0.39, 0.29) is 24.1 Å². The number of nitrogens with zero attached hydrogens (tertiary/aromatic N) is 5. The van der Waals surface area contributed by atoms with E-state index < -0.39 is 6.04 Å². The largest absolute Gasteiger partial charge is 0.464 e. The number of nitrogens with two attached hydrogens (primary N) is 1. The molecule has 1 amide bonds. The second-order valence-electron chi connectivity index (χ2n) is 16.0. The van der Waals surface area contributed by atoms with Gasteiger partial charge in [0.2, 0.25) is 12.1 Å². The SMILES string of the molecule is Cc1cc(-c2cnc(C3CCCN3C(=O)C(N)C(C)C)[nH]2)cc2c1-c1cc3cc(-c4cnc(C5CCCN5)[nH]4)ccc3n1C(c1cnc(C3CCC3)s1)O2. The van der Waals surface area contributed by atoms with Crippen molar-refractivity contribution < 1.29 is 9.53 Å². The molecule has 3 aliphatic heterocycles. The molecule has 1 saturated carbocycles. The van der Waals surface area contributed by atoms with Crippen LogP contribution < -0.4 is 15.8 Å². The standard InChI is InChI=1S/C42H47N9O2S/c1-22(2)37(43)41(52)50-14-6-10-32(50)39-46-20-30(49-39)26-15-23(3)36-33-17-27-16-25(29-19-45-38(48-29)28-9-5-13-44-28)11-12-31(27)51(33)42(53-34(36)18-26)35-21-47-40(54-35)24-7-4-8-24/h11-12,15-22,24,28,32,37,42,44H,4-10,13-14,43H2,1-3H3,(H,45,48)(H,46,49). The lowest BCUT2D eigenvalue weighted by molar-refractivity contribution is -0.134. The Morgan fingerprint density at radius 3 is 2.52 bits per heavy atom. The van der Waals surface area contributed by atoms with Crippen LogP contribution >= 0.6 is 11.3 Å². The second kappa shape index (κ2) is 13.2. The smallest absolute Gasteiger partial charge is 0.240 e. The number of rotatable bonds is 8. The number of nitrogens with one attached hydrogen (secondary N) is 3. The highest BCUT2D eigenvalue weighted by Crippen LogP contribution is 2.49. The Morgan fingerprint density at radius 1 is 0.926 bits per heavy atom. The number of hydrogen-bond acceptors (Lipinski definition) is 8. The maximum Gasteiger partial charge on any atom is 0.240 e. The van der Waals surface area contributed by atoms with Crippen LogP contribution in [0.5, 0.6) is 5.75 Å². The maximum absolute atomic E-state index is 13.3. The number of imidazole rings is 2. The average molecular weight is 742 g/mol. The molecular weight excluding hydrogens is 695 g/mol. The van der Waals surface area contributed by atoms with E-state index in [1.54, 1.807) is 11.3 Å². The zero-order chi connectivity index (χ0) is 36.7. The molecule has 278 valence electrons. The zero-order valence-corrected chi connectivity index (χ0v) is 31.9. The molecule has 4 unspecified atom stereocenters. The predicted molar refractivity (Wildman–Crippen MR) is 211 cm³/mol. The molecule has 10 rings (SSSR count). The number of carbonyl (C=O) groups excluding carboxylic acids is 1. The van der Waals surface area contributed by atoms with Crippen LogP contribution in [0.15, 0.2) is 55.0 Å². The third kappa shape index (κ3) is 5.60. The van der Waals surface area contributed by atoms with Gasteiger partial charge in [-0.2, -0.15) is 0 Å². The fourth-order valence-electron chi connectivity index (χ4n) is 8.82. The van der Waals surface area contributed by atoms with Crippen molar-refractivity contribution in [3.05, 3.63) is 82.1 Å². The van der Waals surface area contributed by atoms with Gasteiger partial charge < -0.3 is 30.7 Å². The molecule has 7 heterocycles. The number of aryl methyl sites for hydroxylation is 1. The van der Waals surface area contributed by atoms with Gasteiger partial charge in [-0.15, -0.1) is 11.3 Å². The molecule has 54 heavy (non-hydrogen) atoms. The molecule has 1 aliphatic carbocycles. The van der Waals surface area contributed by atoms with Gasteiger partial charge in [-0.25, -0.2) is 15.0 Å². The van der Waals surface area contributed by atoms with Gasteiger partial charge >= 0.3 is 0 Å². The number of likely N-dealkylation sites (tertiary alicyclic amines) is 1. The van der Waals surface area contributed by atoms with Gasteiger partial charge in [-0.3, -0.25) is 9.36 Å². The first-order valence-electron chi connectivity index (χ1n) is 19.6. The van der Waals surface area contributed by atoms with Crippen molar-refractivity contribution in [2.45, 2.75) is 96.0 Å². The number of hydrogen-bond donors (Lipinski definition) is 4. The van der Waals surface area contributed by atoms with Crippen molar-refractivity contribution in [3.63, 3.8) is 0 Å². The first-order chi connectivity index (χ1) is 26.3. The van der Waals surface area contributed by atoms with Crippen LogP contribution in [0.1, 0.15) is 110 Å². The van der Waals surface area contributed by atoms with Gasteiger partial charge in [-0.1, -0.05) is 26.3 Å². The lowest BCUT2D eigenvalue weighted by Crippen LogP contribution is -2.46. The molecule has 4 aromatic heterocycles. The summed E-state index contributed by atoms with van der Waals surface area (Å²) >= 11 is 1.78. The molecule has 2 aromatic carbocycles. The lowest BCUT2D eigenvalue weighted by Gasteiger charge is -2.30. The summed E-state index contributed by atoms with van der Waals surface area (Å²) in [5.41, 5.74) is 14.8. The number of aromatic nitrogens is 6. The summed E-state index contributed by atoms with van der Waals surface area (Å²) in [7, 11) is 0. The Bertz CT molecular complexity index is 2370. The Hall–Kier alpha value is -4.78. The summed E-state index contributed by atoms with van der Waals surface area (Å²) in [6.07, 6.45) is 13.3. The molecule has 6 aromatic rings. The number of ether oxygens (including phenoxy) is 1. The number of carbonyl (C=O) groups is 1. The molecule has 0 radical (unpaired) electrons. The van der Waals surface area contributed by atoms with E-state index in [1.807, 2.05) is 37.3 Å². The summed E-state index contributed by atoms with van der Waals surface area (Å²) in [6.45, 7) is 7.88. The highest BCUT2D eigenvalue weighted by atomic mass is 32.1. The van der Waals surface area contributed by atoms with Gasteiger partial charge in [0, 0.05) is 40.7 Å². The normalized spacial score (nSPS) is 21.7. The molecule has 0 bridgehead atoms. The van der Waals surface area contributed by atoms with E-state index in [0.29, 0.717) is 18.5 Å². The Kier molecular flexibility index (Phi) is 8.26. The summed E-state index contributed by atoms with van der Waals surface area (Å²) in [5.74, 6) is 3.27. The number of benzene rings is 2. The Labute approximate surface area is 318 Å². The molecule has 5 N–H and O–H groups in total. The van der Waals surface area contributed by atoms with E-state index in [0.717, 1.165) is 98.3 Å². The monoisotopic (exact) mass is 741 g/mol. The molecular formula is C42H47N9O2S. The lowest BCUT2D eigenvalue weighted by atomic mass is 9.86. The first-order valence-corrected chi connectivity index (χ1v) is 20.4. The van der Waals surface area contributed by atoms with Crippen molar-refractivity contribution in [2.24, 2.45) is 11.7 Å². The predicted octanol–water partition coefficient (Wildman–Crippen LogP) is 8.13. The van der Waals surface area contributed by atoms with Crippen LogP contribution in [0, 0.1) is 12.8 Å². The third-order valence-corrected chi connectivity index (χ3v) is 13.4. The molecule has 2 saturated heterocycles. The minimum absolute atomic E-state index is 0.00347. The number of thiazole rings is 1. The van der Waals surface area contributed by atoms with E-state index in [1.165, 1.54) is 30.7 Å². The van der Waals surface area contributed by atoms with Gasteiger partial charge in [0.25, 0.3) is 0 Å². The fraction of sp³-hybridized carbons (Fsp3) is 0.429. The molecule has 0 spiro atoms. The third-order valence-electron chi connectivity index (χ3n) is 12.2. The van der Waals surface area contributed by atoms with Crippen molar-refractivity contribution in [1.29, 1.82) is 0 Å². The van der Waals surface area contributed by atoms with Crippen molar-refractivity contribution in [2.75, 3.05) is 13.1 Å². The molecule has 4 atom stereocenters. The van der Waals surface area contributed by atoms with E-state index >= 15 is 0 Å². The van der Waals surface area contributed by atoms with Gasteiger partial charge in [0.15, 0.2) is 0 Å². The van der Waals surface area contributed by atoms with Crippen molar-refractivity contribution in [3.8, 4) is 39.5 Å². The molecule has 11 nitrogen and oxygen atoms in total. The number of aromatic amines is 2. The molecule has 4 aliphatic rings. The van der Waals surface area contributed by atoms with Crippen molar-refractivity contribution in [1.82, 2.24) is 39.7 Å². The average Bonchev–Trinajstić information content (AvgIpc) is 4.00. The van der Waals surface area contributed by atoms with Crippen LogP contribution in [0.2, 0.25) is 0 Å². The number of fused-ring (bicyclic) bond motifs is 5. The molecule has 3 fully saturated rings. The topological polar surface area (TPSA) is 143 Å².